The number of nitrogens with one attached hydrogen (secondary N) is 1. The first kappa shape index (κ1) is 32.0. The van der Waals surface area contributed by atoms with Crippen LogP contribution >= 0.6 is 7.60 Å². The van der Waals surface area contributed by atoms with Gasteiger partial charge < -0.3 is 23.8 Å². The van der Waals surface area contributed by atoms with E-state index >= 15 is 0 Å². The van der Waals surface area contributed by atoms with Crippen LogP contribution in [0.2, 0.25) is 0 Å². The van der Waals surface area contributed by atoms with Gasteiger partial charge in [0.25, 0.3) is 0 Å². The first-order valence-corrected chi connectivity index (χ1v) is 15.5. The van der Waals surface area contributed by atoms with Gasteiger partial charge in [0.1, 0.15) is 6.61 Å². The van der Waals surface area contributed by atoms with Crippen molar-refractivity contribution in [2.75, 3.05) is 19.8 Å². The Balaban J connectivity index is 2.01. The first-order valence-electron chi connectivity index (χ1n) is 13.7. The summed E-state index contributed by atoms with van der Waals surface area (Å²) in [5.41, 5.74) is 1.01. The van der Waals surface area contributed by atoms with E-state index in [1.807, 2.05) is 48.5 Å². The van der Waals surface area contributed by atoms with E-state index < -0.39 is 31.0 Å². The van der Waals surface area contributed by atoms with Crippen molar-refractivity contribution < 1.29 is 37.5 Å². The van der Waals surface area contributed by atoms with Crippen LogP contribution in [0.1, 0.15) is 52.2 Å². The lowest BCUT2D eigenvalue weighted by atomic mass is 9.95. The molecule has 1 unspecified atom stereocenters. The molecular weight excluding hydrogens is 545 g/mol. The van der Waals surface area contributed by atoms with Crippen molar-refractivity contribution in [3.63, 3.8) is 0 Å². The summed E-state index contributed by atoms with van der Waals surface area (Å²) in [5, 5.41) is 4.57. The number of ether oxygens (including phenoxy) is 2. The highest BCUT2D eigenvalue weighted by atomic mass is 31.2. The molecule has 9 nitrogen and oxygen atoms in total. The van der Waals surface area contributed by atoms with Crippen LogP contribution in [0.5, 0.6) is 0 Å². The maximum absolute atomic E-state index is 13.4. The van der Waals surface area contributed by atoms with Crippen molar-refractivity contribution in [3.05, 3.63) is 71.8 Å². The summed E-state index contributed by atoms with van der Waals surface area (Å²) in [4.78, 5) is 38.0. The average molecular weight is 584 g/mol. The number of esters is 2. The SMILES string of the molecule is CCOC(=O)C(CC)(NC(C)=O)C(=O)OCc1cc(CP(=O)(OCC)OCC)cc(-c2ccc3ccccc3c2)c1. The number of amides is 1. The number of fused-ring (bicyclic) bond motifs is 1. The summed E-state index contributed by atoms with van der Waals surface area (Å²) in [6.45, 7) is 8.19. The molecule has 1 amide bonds. The molecule has 0 saturated heterocycles. The number of carbonyl (C=O) groups is 3. The third-order valence-corrected chi connectivity index (χ3v) is 8.48. The van der Waals surface area contributed by atoms with Gasteiger partial charge in [-0.15, -0.1) is 0 Å². The molecule has 0 fully saturated rings. The van der Waals surface area contributed by atoms with E-state index in [4.69, 9.17) is 18.5 Å². The molecule has 1 atom stereocenters. The molecule has 3 aromatic carbocycles. The van der Waals surface area contributed by atoms with Crippen molar-refractivity contribution in [2.45, 2.75) is 59.3 Å². The molecule has 3 aromatic rings. The zero-order valence-electron chi connectivity index (χ0n) is 24.2. The van der Waals surface area contributed by atoms with Crippen LogP contribution in [0.4, 0.5) is 0 Å². The lowest BCUT2D eigenvalue weighted by Crippen LogP contribution is -2.60. The lowest BCUT2D eigenvalue weighted by molar-refractivity contribution is -0.169. The Hall–Kier alpha value is -3.52. The van der Waals surface area contributed by atoms with Crippen LogP contribution in [0.15, 0.2) is 60.7 Å². The fraction of sp³-hybridized carbons (Fsp3) is 0.387. The molecule has 0 radical (unpaired) electrons. The second-order valence-electron chi connectivity index (χ2n) is 9.44. The third kappa shape index (κ3) is 8.03. The average Bonchev–Trinajstić information content (AvgIpc) is 2.94. The molecular formula is C31H38NO8P. The van der Waals surface area contributed by atoms with Crippen LogP contribution in [0, 0.1) is 0 Å². The predicted octanol–water partition coefficient (Wildman–Crippen LogP) is 6.16. The van der Waals surface area contributed by atoms with Gasteiger partial charge in [-0.05, 0) is 72.4 Å². The highest BCUT2D eigenvalue weighted by Gasteiger charge is 2.48. The molecule has 0 spiro atoms. The summed E-state index contributed by atoms with van der Waals surface area (Å²) < 4.78 is 35.1. The van der Waals surface area contributed by atoms with Gasteiger partial charge in [-0.2, -0.15) is 0 Å². The molecule has 220 valence electrons. The van der Waals surface area contributed by atoms with E-state index in [2.05, 4.69) is 11.4 Å². The molecule has 0 aliphatic carbocycles. The van der Waals surface area contributed by atoms with Crippen LogP contribution in [-0.2, 0) is 50.2 Å². The van der Waals surface area contributed by atoms with Crippen molar-refractivity contribution in [1.82, 2.24) is 5.32 Å². The van der Waals surface area contributed by atoms with Gasteiger partial charge in [0, 0.05) is 6.92 Å². The Labute approximate surface area is 241 Å². The fourth-order valence-electron chi connectivity index (χ4n) is 4.61. The van der Waals surface area contributed by atoms with E-state index in [9.17, 15) is 18.9 Å². The molecule has 0 aromatic heterocycles. The summed E-state index contributed by atoms with van der Waals surface area (Å²) in [6.07, 6.45) is -0.0385. The second kappa shape index (κ2) is 14.4. The smallest absolute Gasteiger partial charge is 0.344 e. The fourth-order valence-corrected chi connectivity index (χ4v) is 6.28. The van der Waals surface area contributed by atoms with Crippen LogP contribution in [0.3, 0.4) is 0 Å². The van der Waals surface area contributed by atoms with E-state index in [-0.39, 0.29) is 39.0 Å². The van der Waals surface area contributed by atoms with Crippen molar-refractivity contribution in [1.29, 1.82) is 0 Å². The number of carbonyl (C=O) groups excluding carboxylic acids is 3. The molecule has 0 aliphatic rings. The minimum atomic E-state index is -3.43. The van der Waals surface area contributed by atoms with E-state index in [0.29, 0.717) is 11.1 Å². The van der Waals surface area contributed by atoms with Gasteiger partial charge >= 0.3 is 19.5 Å². The van der Waals surface area contributed by atoms with Gasteiger partial charge in [0.2, 0.25) is 11.4 Å². The quantitative estimate of drug-likeness (QED) is 0.136. The highest BCUT2D eigenvalue weighted by molar-refractivity contribution is 7.53. The first-order chi connectivity index (χ1) is 19.6. The molecule has 1 N–H and O–H groups in total. The van der Waals surface area contributed by atoms with Crippen molar-refractivity contribution in [2.24, 2.45) is 0 Å². The van der Waals surface area contributed by atoms with Gasteiger partial charge in [-0.25, -0.2) is 9.59 Å². The monoisotopic (exact) mass is 583 g/mol. The third-order valence-electron chi connectivity index (χ3n) is 6.43. The molecule has 0 saturated carbocycles. The van der Waals surface area contributed by atoms with Gasteiger partial charge in [0.15, 0.2) is 0 Å². The number of benzene rings is 3. The predicted molar refractivity (Wildman–Crippen MR) is 157 cm³/mol. The van der Waals surface area contributed by atoms with Gasteiger partial charge in [0.05, 0.1) is 26.0 Å². The summed E-state index contributed by atoms with van der Waals surface area (Å²) in [7, 11) is -3.43. The molecule has 10 heteroatoms. The normalized spacial score (nSPS) is 12.9. The minimum absolute atomic E-state index is 0.0185. The van der Waals surface area contributed by atoms with E-state index in [0.717, 1.165) is 21.9 Å². The zero-order chi connectivity index (χ0) is 30.0. The van der Waals surface area contributed by atoms with Crippen molar-refractivity contribution >= 4 is 36.2 Å². The Bertz CT molecular complexity index is 1430. The summed E-state index contributed by atoms with van der Waals surface area (Å²) in [6, 6.07) is 19.6. The maximum Gasteiger partial charge on any atom is 0.344 e. The molecule has 41 heavy (non-hydrogen) atoms. The van der Waals surface area contributed by atoms with Gasteiger partial charge in [-0.1, -0.05) is 55.5 Å². The molecule has 0 heterocycles. The summed E-state index contributed by atoms with van der Waals surface area (Å²) in [5.74, 6) is -2.39. The topological polar surface area (TPSA) is 117 Å². The lowest BCUT2D eigenvalue weighted by Gasteiger charge is -2.28. The Kier molecular flexibility index (Phi) is 11.2. The Morgan fingerprint density at radius 1 is 0.756 bits per heavy atom. The maximum atomic E-state index is 13.4. The van der Waals surface area contributed by atoms with Crippen molar-refractivity contribution in [3.8, 4) is 11.1 Å². The van der Waals surface area contributed by atoms with Crippen LogP contribution in [-0.4, -0.2) is 43.2 Å². The van der Waals surface area contributed by atoms with Crippen LogP contribution in [0.25, 0.3) is 21.9 Å². The largest absolute Gasteiger partial charge is 0.464 e. The van der Waals surface area contributed by atoms with Gasteiger partial charge in [-0.3, -0.25) is 9.36 Å². The summed E-state index contributed by atoms with van der Waals surface area (Å²) >= 11 is 0. The minimum Gasteiger partial charge on any atom is -0.464 e. The molecule has 0 bridgehead atoms. The Morgan fingerprint density at radius 2 is 1.39 bits per heavy atom. The zero-order valence-corrected chi connectivity index (χ0v) is 25.1. The Morgan fingerprint density at radius 3 is 2.00 bits per heavy atom. The van der Waals surface area contributed by atoms with E-state index in [1.54, 1.807) is 33.8 Å². The number of hydrogen-bond acceptors (Lipinski definition) is 8. The molecule has 0 aliphatic heterocycles. The van der Waals surface area contributed by atoms with Crippen LogP contribution < -0.4 is 5.32 Å². The number of rotatable bonds is 14. The standard InChI is InChI=1S/C31H38NO8P/c1-6-31(32-22(5)33,29(34)37-7-2)30(35)38-20-23-16-24(21-41(36,39-8-3)40-9-4)18-28(17-23)27-15-14-25-12-10-11-13-26(25)19-27/h10-19H,6-9,20-21H2,1-5H3,(H,32,33). The van der Waals surface area contributed by atoms with E-state index in [1.165, 1.54) is 6.92 Å². The number of hydrogen-bond donors (Lipinski definition) is 1. The molecule has 3 rings (SSSR count). The highest BCUT2D eigenvalue weighted by Crippen LogP contribution is 2.51. The second-order valence-corrected chi connectivity index (χ2v) is 11.5.